The SMILES string of the molecule is NC(=NC(NCC1=CC(C2=CCCCC2)CCC1)C1C=CCC(C2C=C(C3NC(C4C=C(C5CC=CCC5)CCC4)=NC(C4CCC=C(C5=CCCCC5)C4)N3)CCC2)C1)C1C=C(C2=CCCCC2)CCC1. The summed E-state index contributed by atoms with van der Waals surface area (Å²) in [5, 5.41) is 12.5. The molecule has 6 nitrogen and oxygen atoms in total. The largest absolute Gasteiger partial charge is 0.387 e. The van der Waals surface area contributed by atoms with Gasteiger partial charge in [0, 0.05) is 24.3 Å². The summed E-state index contributed by atoms with van der Waals surface area (Å²) in [6, 6.07) is 0. The van der Waals surface area contributed by atoms with Crippen LogP contribution in [0.3, 0.4) is 0 Å². The van der Waals surface area contributed by atoms with Gasteiger partial charge in [-0.15, -0.1) is 0 Å². The Morgan fingerprint density at radius 3 is 2.18 bits per heavy atom. The van der Waals surface area contributed by atoms with E-state index in [-0.39, 0.29) is 24.4 Å². The lowest BCUT2D eigenvalue weighted by Crippen LogP contribution is -2.58. The van der Waals surface area contributed by atoms with Crippen LogP contribution < -0.4 is 21.7 Å². The lowest BCUT2D eigenvalue weighted by Gasteiger charge is -2.42. The van der Waals surface area contributed by atoms with Crippen LogP contribution in [-0.2, 0) is 0 Å². The standard InChI is InChI=1S/C66H94N6/c67-62(57-34-14-29-52(40-57)48-22-7-2-8-23-48)69-63(68-45-46-19-13-28-51(39-46)47-20-5-1-6-21-47)58-35-17-32-55(43-58)56-33-18-38-61(44-56)66-71-64(59-36-15-30-53(41-59)49-24-9-3-10-25-49)70-65(72-66)60-37-16-31-54(42-60)50-26-11-4-12-27-50/h3,9,17,20,22,26,31,35,39-41,44,49,51,55-60,63,65-66,68,72H,1-2,4-8,10-16,18-19,21,23-25,27-30,32-34,36-38,42-43,45H2,(H2,67,69)(H,70,71). The Labute approximate surface area is 436 Å². The Morgan fingerprint density at radius 1 is 0.611 bits per heavy atom. The van der Waals surface area contributed by atoms with Crippen molar-refractivity contribution in [1.82, 2.24) is 16.0 Å². The van der Waals surface area contributed by atoms with E-state index in [4.69, 9.17) is 15.7 Å². The maximum atomic E-state index is 7.23. The van der Waals surface area contributed by atoms with Gasteiger partial charge < -0.3 is 11.1 Å². The van der Waals surface area contributed by atoms with Crippen molar-refractivity contribution < 1.29 is 0 Å². The van der Waals surface area contributed by atoms with E-state index < -0.39 is 0 Å². The molecule has 0 spiro atoms. The Bertz CT molecular complexity index is 2290. The van der Waals surface area contributed by atoms with Gasteiger partial charge in [-0.2, -0.15) is 0 Å². The van der Waals surface area contributed by atoms with E-state index in [1.165, 1.54) is 192 Å². The molecule has 0 bridgehead atoms. The first-order valence-electron chi connectivity index (χ1n) is 30.6. The molecule has 11 unspecified atom stereocenters. The predicted molar refractivity (Wildman–Crippen MR) is 303 cm³/mol. The topological polar surface area (TPSA) is 86.8 Å². The summed E-state index contributed by atoms with van der Waals surface area (Å²) in [6.07, 6.45) is 71.1. The molecule has 0 saturated heterocycles. The first-order valence-corrected chi connectivity index (χ1v) is 30.6. The van der Waals surface area contributed by atoms with Gasteiger partial charge in [0.15, 0.2) is 0 Å². The molecular weight excluding hydrogens is 877 g/mol. The summed E-state index contributed by atoms with van der Waals surface area (Å²) in [6.45, 7) is 0.918. The molecule has 11 atom stereocenters. The molecule has 388 valence electrons. The summed E-state index contributed by atoms with van der Waals surface area (Å²) < 4.78 is 0. The van der Waals surface area contributed by atoms with Crippen molar-refractivity contribution in [3.05, 3.63) is 117 Å². The van der Waals surface area contributed by atoms with Crippen LogP contribution in [0.25, 0.3) is 0 Å². The zero-order chi connectivity index (χ0) is 48.5. The van der Waals surface area contributed by atoms with Crippen LogP contribution in [0.15, 0.2) is 127 Å². The van der Waals surface area contributed by atoms with Crippen molar-refractivity contribution in [3.8, 4) is 0 Å². The molecule has 5 N–H and O–H groups in total. The molecule has 0 saturated carbocycles. The quantitative estimate of drug-likeness (QED) is 0.0794. The third-order valence-corrected chi connectivity index (χ3v) is 19.7. The molecule has 6 heteroatoms. The van der Waals surface area contributed by atoms with Crippen molar-refractivity contribution in [3.63, 3.8) is 0 Å². The van der Waals surface area contributed by atoms with Crippen molar-refractivity contribution >= 4 is 11.7 Å². The van der Waals surface area contributed by atoms with Gasteiger partial charge in [-0.05, 0) is 263 Å². The van der Waals surface area contributed by atoms with Gasteiger partial charge in [0.2, 0.25) is 0 Å². The van der Waals surface area contributed by atoms with Gasteiger partial charge in [0.05, 0.1) is 0 Å². The lowest BCUT2D eigenvalue weighted by atomic mass is 9.73. The van der Waals surface area contributed by atoms with Gasteiger partial charge in [-0.3, -0.25) is 20.6 Å². The third-order valence-electron chi connectivity index (χ3n) is 19.7. The minimum atomic E-state index is -0.0166. The number of aliphatic imine (C=N–C) groups is 2. The first-order chi connectivity index (χ1) is 35.6. The Morgan fingerprint density at radius 2 is 1.36 bits per heavy atom. The zero-order valence-corrected chi connectivity index (χ0v) is 44.6. The molecule has 0 aromatic heterocycles. The number of hydrogen-bond acceptors (Lipinski definition) is 5. The highest BCUT2D eigenvalue weighted by atomic mass is 15.3. The minimum absolute atomic E-state index is 0.0166. The van der Waals surface area contributed by atoms with Crippen molar-refractivity contribution in [1.29, 1.82) is 0 Å². The van der Waals surface area contributed by atoms with E-state index in [0.717, 1.165) is 37.6 Å². The number of amidine groups is 2. The van der Waals surface area contributed by atoms with Crippen molar-refractivity contribution in [2.24, 2.45) is 63.1 Å². The molecular formula is C66H94N6. The Kier molecular flexibility index (Phi) is 17.3. The molecule has 72 heavy (non-hydrogen) atoms. The molecule has 11 rings (SSSR count). The molecule has 11 aliphatic rings. The minimum Gasteiger partial charge on any atom is -0.387 e. The smallest absolute Gasteiger partial charge is 0.108 e. The van der Waals surface area contributed by atoms with Crippen LogP contribution in [0.5, 0.6) is 0 Å². The molecule has 1 heterocycles. The fraction of sp³-hybridized carbons (Fsp3) is 0.667. The third kappa shape index (κ3) is 12.7. The maximum Gasteiger partial charge on any atom is 0.108 e. The highest BCUT2D eigenvalue weighted by molar-refractivity contribution is 5.88. The number of allylic oxidation sites excluding steroid dienone is 15. The fourth-order valence-corrected chi connectivity index (χ4v) is 15.6. The number of hydrogen-bond donors (Lipinski definition) is 4. The Hall–Kier alpha value is -3.74. The van der Waals surface area contributed by atoms with E-state index in [1.54, 1.807) is 44.6 Å². The molecule has 0 aromatic carbocycles. The van der Waals surface area contributed by atoms with Crippen LogP contribution in [0.1, 0.15) is 205 Å². The molecule has 1 aliphatic heterocycles. The van der Waals surface area contributed by atoms with Crippen molar-refractivity contribution in [2.75, 3.05) is 6.54 Å². The molecule has 0 amide bonds. The molecule has 0 radical (unpaired) electrons. The van der Waals surface area contributed by atoms with Crippen molar-refractivity contribution in [2.45, 2.75) is 224 Å². The van der Waals surface area contributed by atoms with E-state index >= 15 is 0 Å². The maximum absolute atomic E-state index is 7.23. The summed E-state index contributed by atoms with van der Waals surface area (Å²) in [5.74, 6) is 6.13. The van der Waals surface area contributed by atoms with Gasteiger partial charge in [-0.1, -0.05) is 89.6 Å². The van der Waals surface area contributed by atoms with E-state index in [0.29, 0.717) is 35.5 Å². The molecule has 10 aliphatic carbocycles. The number of rotatable bonds is 14. The van der Waals surface area contributed by atoms with Gasteiger partial charge in [0.25, 0.3) is 0 Å². The van der Waals surface area contributed by atoms with Crippen LogP contribution in [0.4, 0.5) is 0 Å². The second-order valence-corrected chi connectivity index (χ2v) is 24.7. The van der Waals surface area contributed by atoms with Crippen LogP contribution in [0.2, 0.25) is 0 Å². The summed E-state index contributed by atoms with van der Waals surface area (Å²) >= 11 is 0. The van der Waals surface area contributed by atoms with Crippen LogP contribution in [-0.4, -0.2) is 36.7 Å². The van der Waals surface area contributed by atoms with E-state index in [1.807, 2.05) is 0 Å². The first kappa shape index (κ1) is 50.4. The van der Waals surface area contributed by atoms with Gasteiger partial charge in [0.1, 0.15) is 30.2 Å². The normalized spacial score (nSPS) is 35.4. The Balaban J connectivity index is 0.831. The van der Waals surface area contributed by atoms with Gasteiger partial charge >= 0.3 is 0 Å². The zero-order valence-electron chi connectivity index (χ0n) is 44.6. The van der Waals surface area contributed by atoms with E-state index in [9.17, 15) is 0 Å². The summed E-state index contributed by atoms with van der Waals surface area (Å²) in [7, 11) is 0. The second kappa shape index (κ2) is 24.7. The highest BCUT2D eigenvalue weighted by Crippen LogP contribution is 2.42. The molecule has 0 fully saturated rings. The lowest BCUT2D eigenvalue weighted by molar-refractivity contribution is 0.253. The molecule has 0 aromatic rings. The number of nitrogens with zero attached hydrogens (tertiary/aromatic N) is 2. The second-order valence-electron chi connectivity index (χ2n) is 24.7. The number of nitrogens with two attached hydrogens (primary N) is 1. The highest BCUT2D eigenvalue weighted by Gasteiger charge is 2.38. The van der Waals surface area contributed by atoms with Crippen LogP contribution in [0, 0.1) is 47.3 Å². The summed E-state index contributed by atoms with van der Waals surface area (Å²) in [5.41, 5.74) is 20.3. The van der Waals surface area contributed by atoms with E-state index in [2.05, 4.69) is 88.9 Å². The average Bonchev–Trinajstić information content (AvgIpc) is 3.47. The number of nitrogens with one attached hydrogen (secondary N) is 3. The monoisotopic (exact) mass is 971 g/mol. The average molecular weight is 972 g/mol. The van der Waals surface area contributed by atoms with Crippen LogP contribution >= 0.6 is 0 Å². The summed E-state index contributed by atoms with van der Waals surface area (Å²) in [4.78, 5) is 11.4. The fourth-order valence-electron chi connectivity index (χ4n) is 15.6. The van der Waals surface area contributed by atoms with Gasteiger partial charge in [-0.25, -0.2) is 0 Å². The predicted octanol–water partition coefficient (Wildman–Crippen LogP) is 15.6.